The Morgan fingerprint density at radius 3 is 1.14 bits per heavy atom. The van der Waals surface area contributed by atoms with Gasteiger partial charge in [-0.1, -0.05) is 48.5 Å². The van der Waals surface area contributed by atoms with Crippen molar-refractivity contribution in [1.29, 1.82) is 0 Å². The molecule has 0 fully saturated rings. The van der Waals surface area contributed by atoms with Crippen molar-refractivity contribution in [2.45, 2.75) is 91.4 Å². The lowest BCUT2D eigenvalue weighted by Crippen LogP contribution is -2.53. The van der Waals surface area contributed by atoms with Gasteiger partial charge in [-0.3, -0.25) is 9.98 Å². The maximum atomic E-state index is 5.03. The molecule has 4 aromatic heterocycles. The molecule has 0 saturated carbocycles. The van der Waals surface area contributed by atoms with Crippen molar-refractivity contribution in [1.82, 2.24) is 19.1 Å². The van der Waals surface area contributed by atoms with Gasteiger partial charge in [-0.05, 0) is 141 Å². The molecule has 8 nitrogen and oxygen atoms in total. The summed E-state index contributed by atoms with van der Waals surface area (Å²) in [5.74, 6) is 3.80. The summed E-state index contributed by atoms with van der Waals surface area (Å²) in [5, 5.41) is 4.84. The van der Waals surface area contributed by atoms with E-state index < -0.39 is 0 Å². The average molecular weight is 763 g/mol. The van der Waals surface area contributed by atoms with Crippen LogP contribution in [0.15, 0.2) is 132 Å². The van der Waals surface area contributed by atoms with E-state index in [-0.39, 0.29) is 22.2 Å². The normalized spacial score (nSPS) is 18.2. The van der Waals surface area contributed by atoms with Gasteiger partial charge >= 0.3 is 0 Å². The van der Waals surface area contributed by atoms with E-state index >= 15 is 0 Å². The van der Waals surface area contributed by atoms with E-state index in [9.17, 15) is 0 Å². The highest BCUT2D eigenvalue weighted by Crippen LogP contribution is 2.43. The minimum atomic E-state index is -0.216. The molecule has 4 aromatic carbocycles. The van der Waals surface area contributed by atoms with Crippen molar-refractivity contribution in [2.24, 2.45) is 9.98 Å². The molecule has 0 amide bonds. The van der Waals surface area contributed by atoms with Gasteiger partial charge in [-0.25, -0.2) is 9.97 Å². The van der Waals surface area contributed by atoms with Crippen LogP contribution >= 0.6 is 0 Å². The lowest BCUT2D eigenvalue weighted by Gasteiger charge is -2.40. The third-order valence-electron chi connectivity index (χ3n) is 13.8. The fourth-order valence-corrected chi connectivity index (χ4v) is 9.59. The maximum absolute atomic E-state index is 5.03. The number of anilines is 2. The van der Waals surface area contributed by atoms with Crippen LogP contribution in [0.2, 0.25) is 0 Å². The maximum Gasteiger partial charge on any atom is 0.134 e. The van der Waals surface area contributed by atoms with E-state index in [1.807, 2.05) is 12.4 Å². The first kappa shape index (κ1) is 36.1. The molecule has 10 rings (SSSR count). The Hall–Kier alpha value is -6.28. The lowest BCUT2D eigenvalue weighted by molar-refractivity contribution is 0.337. The molecule has 58 heavy (non-hydrogen) atoms. The molecule has 2 aliphatic heterocycles. The summed E-state index contributed by atoms with van der Waals surface area (Å²) in [6.07, 6.45) is 4.00. The Morgan fingerprint density at radius 2 is 0.793 bits per heavy atom. The number of hydrogen-bond acceptors (Lipinski definition) is 6. The van der Waals surface area contributed by atoms with Crippen molar-refractivity contribution in [3.8, 4) is 22.5 Å². The van der Waals surface area contributed by atoms with Gasteiger partial charge in [-0.15, -0.1) is 0 Å². The summed E-state index contributed by atoms with van der Waals surface area (Å²) < 4.78 is 4.67. The number of amidine groups is 2. The van der Waals surface area contributed by atoms with Gasteiger partial charge in [0.05, 0.1) is 68.0 Å². The van der Waals surface area contributed by atoms with Gasteiger partial charge in [0, 0.05) is 21.5 Å². The Labute approximate surface area is 340 Å². The van der Waals surface area contributed by atoms with Crippen LogP contribution in [0.5, 0.6) is 0 Å². The molecule has 6 heterocycles. The molecule has 0 bridgehead atoms. The van der Waals surface area contributed by atoms with Crippen molar-refractivity contribution >= 4 is 66.9 Å². The van der Waals surface area contributed by atoms with Gasteiger partial charge in [-0.2, -0.15) is 0 Å². The lowest BCUT2D eigenvalue weighted by atomic mass is 9.83. The second-order valence-electron chi connectivity index (χ2n) is 18.1. The van der Waals surface area contributed by atoms with Crippen molar-refractivity contribution in [3.63, 3.8) is 0 Å². The Kier molecular flexibility index (Phi) is 7.54. The highest BCUT2D eigenvalue weighted by atomic mass is 15.4. The Bertz CT molecular complexity index is 2820. The van der Waals surface area contributed by atoms with E-state index in [2.05, 4.69) is 197 Å². The molecular formula is C50H50N8. The number of nitrogens with zero attached hydrogens (tertiary/aromatic N) is 8. The summed E-state index contributed by atoms with van der Waals surface area (Å²) in [6.45, 7) is 21.9. The SMILES string of the molecule is CC1=NC(C)(C)C(C)(C)N1c1ccc(-n2c3ccccc3c3cc(-c4ccc5c(c4)c4ccccc4n5-c4ccc(N5C(C)=NC(C)(C)C5(C)C)nc4)ccc32)cn1. The van der Waals surface area contributed by atoms with Gasteiger partial charge < -0.3 is 18.9 Å². The summed E-state index contributed by atoms with van der Waals surface area (Å²) >= 11 is 0. The molecule has 0 saturated heterocycles. The van der Waals surface area contributed by atoms with Gasteiger partial charge in [0.2, 0.25) is 0 Å². The number of rotatable bonds is 5. The predicted molar refractivity (Wildman–Crippen MR) is 244 cm³/mol. The molecule has 8 aromatic rings. The number of aromatic nitrogens is 4. The van der Waals surface area contributed by atoms with Crippen LogP contribution in [-0.2, 0) is 0 Å². The third kappa shape index (κ3) is 4.99. The third-order valence-corrected chi connectivity index (χ3v) is 13.8. The fraction of sp³-hybridized carbons (Fsp3) is 0.280. The first-order valence-electron chi connectivity index (χ1n) is 20.3. The van der Waals surface area contributed by atoms with Crippen molar-refractivity contribution < 1.29 is 0 Å². The highest BCUT2D eigenvalue weighted by molar-refractivity contribution is 6.13. The first-order valence-corrected chi connectivity index (χ1v) is 20.3. The standard InChI is InChI=1S/C50H50N8/c1-31-53-47(3,4)49(7,8)57(31)45-25-21-35(29-51-45)55-41-17-13-11-15-37(41)39-27-33(19-23-43(39)55)34-20-24-44-40(28-34)38-16-12-14-18-42(38)56(44)36-22-26-46(52-30-36)58-32(2)54-48(5,6)50(58,9)10/h11-30H,1-10H3. The van der Waals surface area contributed by atoms with Gasteiger partial charge in [0.15, 0.2) is 0 Å². The summed E-state index contributed by atoms with van der Waals surface area (Å²) in [7, 11) is 0. The molecule has 0 radical (unpaired) electrons. The molecular weight excluding hydrogens is 713 g/mol. The van der Waals surface area contributed by atoms with Crippen LogP contribution in [-0.4, -0.2) is 52.9 Å². The van der Waals surface area contributed by atoms with Crippen LogP contribution in [0.1, 0.15) is 69.2 Å². The number of aliphatic imine (C=N–C) groups is 2. The Morgan fingerprint density at radius 1 is 0.414 bits per heavy atom. The van der Waals surface area contributed by atoms with Crippen LogP contribution in [0, 0.1) is 0 Å². The summed E-state index contributed by atoms with van der Waals surface area (Å²) in [6, 6.07) is 39.7. The largest absolute Gasteiger partial charge is 0.308 e. The Balaban J connectivity index is 1.04. The predicted octanol–water partition coefficient (Wildman–Crippen LogP) is 11.9. The summed E-state index contributed by atoms with van der Waals surface area (Å²) in [4.78, 5) is 24.6. The van der Waals surface area contributed by atoms with E-state index in [0.717, 1.165) is 56.7 Å². The number of hydrogen-bond donors (Lipinski definition) is 0. The molecule has 0 spiro atoms. The molecule has 0 unspecified atom stereocenters. The van der Waals surface area contributed by atoms with Crippen LogP contribution in [0.25, 0.3) is 66.1 Å². The number of benzene rings is 4. The molecule has 2 aliphatic rings. The molecule has 0 N–H and O–H groups in total. The first-order chi connectivity index (χ1) is 27.6. The van der Waals surface area contributed by atoms with Gasteiger partial charge in [0.25, 0.3) is 0 Å². The second-order valence-corrected chi connectivity index (χ2v) is 18.1. The fourth-order valence-electron chi connectivity index (χ4n) is 9.59. The molecule has 0 atom stereocenters. The zero-order chi connectivity index (χ0) is 40.5. The number of pyridine rings is 2. The highest BCUT2D eigenvalue weighted by Gasteiger charge is 2.49. The van der Waals surface area contributed by atoms with Crippen molar-refractivity contribution in [3.05, 3.63) is 122 Å². The van der Waals surface area contributed by atoms with Crippen LogP contribution in [0.4, 0.5) is 11.6 Å². The number of fused-ring (bicyclic) bond motifs is 6. The smallest absolute Gasteiger partial charge is 0.134 e. The molecule has 0 aliphatic carbocycles. The van der Waals surface area contributed by atoms with E-state index in [1.54, 1.807) is 0 Å². The van der Waals surface area contributed by atoms with E-state index in [1.165, 1.54) is 32.7 Å². The summed E-state index contributed by atoms with van der Waals surface area (Å²) in [5.41, 5.74) is 8.18. The van der Waals surface area contributed by atoms with Gasteiger partial charge in [0.1, 0.15) is 23.3 Å². The van der Waals surface area contributed by atoms with Crippen LogP contribution in [0.3, 0.4) is 0 Å². The van der Waals surface area contributed by atoms with E-state index in [4.69, 9.17) is 20.0 Å². The molecule has 8 heteroatoms. The minimum absolute atomic E-state index is 0.201. The van der Waals surface area contributed by atoms with E-state index in [0.29, 0.717) is 0 Å². The van der Waals surface area contributed by atoms with Crippen molar-refractivity contribution in [2.75, 3.05) is 9.80 Å². The zero-order valence-corrected chi connectivity index (χ0v) is 35.1. The topological polar surface area (TPSA) is 66.8 Å². The second kappa shape index (κ2) is 12.1. The molecule has 290 valence electrons. The zero-order valence-electron chi connectivity index (χ0n) is 35.1. The minimum Gasteiger partial charge on any atom is -0.308 e. The monoisotopic (exact) mass is 762 g/mol. The number of para-hydroxylation sites is 2. The van der Waals surface area contributed by atoms with Crippen LogP contribution < -0.4 is 9.80 Å². The average Bonchev–Trinajstić information content (AvgIpc) is 3.80. The quantitative estimate of drug-likeness (QED) is 0.175.